The van der Waals surface area contributed by atoms with E-state index in [2.05, 4.69) is 71.6 Å². The topological polar surface area (TPSA) is 22.3 Å². The van der Waals surface area contributed by atoms with Crippen LogP contribution in [-0.4, -0.2) is 13.7 Å². The highest BCUT2D eigenvalue weighted by molar-refractivity contribution is 5.64. The summed E-state index contributed by atoms with van der Waals surface area (Å²) in [6, 6.07) is 22.8. The largest absolute Gasteiger partial charge is 0.497 e. The van der Waals surface area contributed by atoms with Gasteiger partial charge in [0.05, 0.1) is 13.7 Å². The first kappa shape index (κ1) is 24.8. The summed E-state index contributed by atoms with van der Waals surface area (Å²) in [6.45, 7) is 1.96. The molecule has 0 spiro atoms. The highest BCUT2D eigenvalue weighted by Gasteiger charge is 2.01. The van der Waals surface area contributed by atoms with Gasteiger partial charge in [0.1, 0.15) is 18.0 Å². The van der Waals surface area contributed by atoms with Crippen molar-refractivity contribution < 1.29 is 14.0 Å². The van der Waals surface area contributed by atoms with Crippen LogP contribution in [0.3, 0.4) is 0 Å². The van der Waals surface area contributed by atoms with Crippen LogP contribution in [0.5, 0.6) is 11.5 Å². The second-order valence-electron chi connectivity index (χ2n) is 8.75. The average Bonchev–Trinajstić information content (AvgIpc) is 2.88. The maximum absolute atomic E-state index is 5.93. The summed E-state index contributed by atoms with van der Waals surface area (Å²) in [5.41, 5.74) is 2.38. The molecule has 1 heterocycles. The molecule has 33 heavy (non-hydrogen) atoms. The Bertz CT molecular complexity index is 875. The first-order chi connectivity index (χ1) is 16.3. The number of unbranched alkanes of at least 4 members (excludes halogenated alkanes) is 9. The van der Waals surface area contributed by atoms with Crippen molar-refractivity contribution in [2.45, 2.75) is 70.8 Å². The first-order valence-electron chi connectivity index (χ1n) is 12.7. The molecule has 0 unspecified atom stereocenters. The van der Waals surface area contributed by atoms with E-state index in [1.54, 1.807) is 7.11 Å². The zero-order chi connectivity index (χ0) is 23.0. The zero-order valence-electron chi connectivity index (χ0n) is 20.3. The Morgan fingerprint density at radius 2 is 1.03 bits per heavy atom. The van der Waals surface area contributed by atoms with Crippen molar-refractivity contribution in [1.29, 1.82) is 0 Å². The fourth-order valence-corrected chi connectivity index (χ4v) is 4.11. The molecule has 0 radical (unpaired) electrons. The zero-order valence-corrected chi connectivity index (χ0v) is 20.3. The van der Waals surface area contributed by atoms with Crippen LogP contribution >= 0.6 is 0 Å². The molecular weight excluding hydrogens is 406 g/mol. The number of hydrogen-bond donors (Lipinski definition) is 0. The van der Waals surface area contributed by atoms with Crippen molar-refractivity contribution in [2.24, 2.45) is 0 Å². The molecule has 176 valence electrons. The third-order valence-electron chi connectivity index (χ3n) is 6.13. The van der Waals surface area contributed by atoms with Crippen molar-refractivity contribution in [1.82, 2.24) is 0 Å². The van der Waals surface area contributed by atoms with Gasteiger partial charge in [0.2, 0.25) is 0 Å². The van der Waals surface area contributed by atoms with Crippen LogP contribution in [0.1, 0.15) is 64.2 Å². The maximum atomic E-state index is 5.93. The van der Waals surface area contributed by atoms with Gasteiger partial charge < -0.3 is 9.47 Å². The third-order valence-corrected chi connectivity index (χ3v) is 6.13. The second kappa shape index (κ2) is 15.1. The van der Waals surface area contributed by atoms with Crippen molar-refractivity contribution in [3.63, 3.8) is 0 Å². The van der Waals surface area contributed by atoms with E-state index in [4.69, 9.17) is 9.47 Å². The molecule has 3 rings (SSSR count). The Labute approximate surface area is 200 Å². The summed E-state index contributed by atoms with van der Waals surface area (Å²) in [7, 11) is 1.69. The van der Waals surface area contributed by atoms with Gasteiger partial charge in [0, 0.05) is 18.6 Å². The van der Waals surface area contributed by atoms with Crippen LogP contribution in [0.4, 0.5) is 0 Å². The third kappa shape index (κ3) is 9.69. The number of benzene rings is 2. The predicted octanol–water partition coefficient (Wildman–Crippen LogP) is 7.63. The minimum atomic E-state index is 0.807. The van der Waals surface area contributed by atoms with Gasteiger partial charge in [-0.2, -0.15) is 0 Å². The Balaban J connectivity index is 1.14. The molecule has 0 atom stereocenters. The Kier molecular flexibility index (Phi) is 11.4. The lowest BCUT2D eigenvalue weighted by Crippen LogP contribution is -2.32. The number of hydrogen-bond acceptors (Lipinski definition) is 2. The molecule has 3 heteroatoms. The Hall–Kier alpha value is -2.81. The summed E-state index contributed by atoms with van der Waals surface area (Å²) >= 11 is 0. The van der Waals surface area contributed by atoms with Crippen LogP contribution in [0.15, 0.2) is 79.1 Å². The molecule has 0 fully saturated rings. The average molecular weight is 447 g/mol. The maximum Gasteiger partial charge on any atom is 0.168 e. The lowest BCUT2D eigenvalue weighted by molar-refractivity contribution is -0.697. The van der Waals surface area contributed by atoms with Gasteiger partial charge in [-0.15, -0.1) is 0 Å². The van der Waals surface area contributed by atoms with E-state index >= 15 is 0 Å². The monoisotopic (exact) mass is 446 g/mol. The van der Waals surface area contributed by atoms with Gasteiger partial charge in [-0.1, -0.05) is 75.3 Å². The Morgan fingerprint density at radius 1 is 0.545 bits per heavy atom. The van der Waals surface area contributed by atoms with Crippen LogP contribution < -0.4 is 14.0 Å². The van der Waals surface area contributed by atoms with Crippen LogP contribution in [0.25, 0.3) is 11.1 Å². The van der Waals surface area contributed by atoms with Crippen molar-refractivity contribution in [3.8, 4) is 22.6 Å². The van der Waals surface area contributed by atoms with Gasteiger partial charge in [-0.3, -0.25) is 0 Å². The molecule has 0 aliphatic rings. The molecule has 3 aromatic rings. The molecule has 0 bridgehead atoms. The van der Waals surface area contributed by atoms with Crippen LogP contribution in [-0.2, 0) is 6.54 Å². The van der Waals surface area contributed by atoms with E-state index < -0.39 is 0 Å². The number of aryl methyl sites for hydroxylation is 1. The molecule has 0 aliphatic carbocycles. The summed E-state index contributed by atoms with van der Waals surface area (Å²) in [5.74, 6) is 1.84. The van der Waals surface area contributed by atoms with Crippen molar-refractivity contribution >= 4 is 0 Å². The molecule has 2 aromatic carbocycles. The molecule has 3 nitrogen and oxygen atoms in total. The van der Waals surface area contributed by atoms with Crippen molar-refractivity contribution in [3.05, 3.63) is 79.1 Å². The number of aromatic nitrogens is 1. The van der Waals surface area contributed by atoms with E-state index in [0.29, 0.717) is 0 Å². The lowest BCUT2D eigenvalue weighted by atomic mass is 10.1. The van der Waals surface area contributed by atoms with Gasteiger partial charge in [-0.05, 0) is 48.2 Å². The molecule has 1 aromatic heterocycles. The SMILES string of the molecule is COc1ccc(-c2ccc(OCCCCCCCCCCCC[n+]3ccccc3)cc2)cc1. The molecule has 0 aliphatic heterocycles. The number of nitrogens with zero attached hydrogens (tertiary/aromatic N) is 1. The van der Waals surface area contributed by atoms with Crippen LogP contribution in [0.2, 0.25) is 0 Å². The minimum absolute atomic E-state index is 0.807. The second-order valence-corrected chi connectivity index (χ2v) is 8.75. The summed E-state index contributed by atoms with van der Waals surface area (Å²) in [4.78, 5) is 0. The molecule has 0 saturated heterocycles. The number of methoxy groups -OCH3 is 1. The fraction of sp³-hybridized carbons (Fsp3) is 0.433. The summed E-state index contributed by atoms with van der Waals surface area (Å²) in [6.07, 6.45) is 17.6. The van der Waals surface area contributed by atoms with Gasteiger partial charge in [0.25, 0.3) is 0 Å². The first-order valence-corrected chi connectivity index (χ1v) is 12.7. The fourth-order valence-electron chi connectivity index (χ4n) is 4.11. The summed E-state index contributed by atoms with van der Waals surface area (Å²) in [5, 5.41) is 0. The quantitative estimate of drug-likeness (QED) is 0.167. The van der Waals surface area contributed by atoms with E-state index in [9.17, 15) is 0 Å². The van der Waals surface area contributed by atoms with Crippen LogP contribution in [0, 0.1) is 0 Å². The standard InChI is InChI=1S/C30H40NO2/c1-32-29-19-15-27(16-20-29)28-17-21-30(22-18-28)33-26-14-9-7-5-3-2-4-6-8-11-23-31-24-12-10-13-25-31/h10,12-13,15-22,24-25H,2-9,11,14,23,26H2,1H3/q+1. The van der Waals surface area contributed by atoms with Gasteiger partial charge in [-0.25, -0.2) is 4.57 Å². The Morgan fingerprint density at radius 3 is 1.58 bits per heavy atom. The smallest absolute Gasteiger partial charge is 0.168 e. The molecular formula is C30H40NO2+. The number of ether oxygens (including phenoxy) is 2. The van der Waals surface area contributed by atoms with Crippen molar-refractivity contribution in [2.75, 3.05) is 13.7 Å². The number of rotatable bonds is 16. The molecule has 0 N–H and O–H groups in total. The van der Waals surface area contributed by atoms with Gasteiger partial charge >= 0.3 is 0 Å². The minimum Gasteiger partial charge on any atom is -0.497 e. The highest BCUT2D eigenvalue weighted by atomic mass is 16.5. The van der Waals surface area contributed by atoms with E-state index in [1.807, 2.05) is 12.1 Å². The predicted molar refractivity (Wildman–Crippen MR) is 137 cm³/mol. The molecule has 0 saturated carbocycles. The van der Waals surface area contributed by atoms with E-state index in [0.717, 1.165) is 31.1 Å². The highest BCUT2D eigenvalue weighted by Crippen LogP contribution is 2.24. The van der Waals surface area contributed by atoms with E-state index in [-0.39, 0.29) is 0 Å². The normalized spacial score (nSPS) is 10.8. The van der Waals surface area contributed by atoms with E-state index in [1.165, 1.54) is 68.9 Å². The molecule has 0 amide bonds. The summed E-state index contributed by atoms with van der Waals surface area (Å²) < 4.78 is 13.4. The van der Waals surface area contributed by atoms with Gasteiger partial charge in [0.15, 0.2) is 12.4 Å². The number of pyridine rings is 1. The lowest BCUT2D eigenvalue weighted by Gasteiger charge is -2.08.